The van der Waals surface area contributed by atoms with Gasteiger partial charge in [0.25, 0.3) is 11.5 Å². The Morgan fingerprint density at radius 1 is 1.42 bits per heavy atom. The second-order valence-electron chi connectivity index (χ2n) is 6.37. The molecule has 1 heterocycles. The van der Waals surface area contributed by atoms with Crippen LogP contribution in [0.2, 0.25) is 0 Å². The van der Waals surface area contributed by atoms with E-state index in [0.717, 1.165) is 6.42 Å². The van der Waals surface area contributed by atoms with Gasteiger partial charge in [0.15, 0.2) is 0 Å². The maximum Gasteiger partial charge on any atom is 0.261 e. The molecule has 0 aliphatic heterocycles. The lowest BCUT2D eigenvalue weighted by Gasteiger charge is -2.45. The molecular formula is C16H21F2N3O3. The Morgan fingerprint density at radius 2 is 2.04 bits per heavy atom. The Morgan fingerprint density at radius 3 is 2.50 bits per heavy atom. The van der Waals surface area contributed by atoms with Gasteiger partial charge in [-0.05, 0) is 37.3 Å². The predicted molar refractivity (Wildman–Crippen MR) is 83.9 cm³/mol. The SMILES string of the molecule is CCC(C)c1ccc(C(=O)NC2(C(N)=O)CC(C(F)F)C2)c(=O)[nH]1. The average molecular weight is 341 g/mol. The molecule has 1 aliphatic carbocycles. The van der Waals surface area contributed by atoms with Gasteiger partial charge in [0.05, 0.1) is 0 Å². The Hall–Kier alpha value is -2.25. The smallest absolute Gasteiger partial charge is 0.261 e. The average Bonchev–Trinajstić information content (AvgIpc) is 2.48. The number of carbonyl (C=O) groups excluding carboxylic acids is 2. The van der Waals surface area contributed by atoms with Gasteiger partial charge in [-0.1, -0.05) is 13.8 Å². The van der Waals surface area contributed by atoms with E-state index in [1.165, 1.54) is 6.07 Å². The Balaban J connectivity index is 2.17. The van der Waals surface area contributed by atoms with E-state index in [-0.39, 0.29) is 24.3 Å². The molecule has 4 N–H and O–H groups in total. The number of hydrogen-bond acceptors (Lipinski definition) is 3. The van der Waals surface area contributed by atoms with Crippen LogP contribution in [-0.2, 0) is 4.79 Å². The lowest BCUT2D eigenvalue weighted by molar-refractivity contribution is -0.133. The highest BCUT2D eigenvalue weighted by molar-refractivity contribution is 5.99. The molecule has 0 radical (unpaired) electrons. The summed E-state index contributed by atoms with van der Waals surface area (Å²) >= 11 is 0. The Bertz CT molecular complexity index is 696. The molecule has 1 atom stereocenters. The summed E-state index contributed by atoms with van der Waals surface area (Å²) in [5, 5.41) is 2.37. The van der Waals surface area contributed by atoms with E-state index in [1.807, 2.05) is 13.8 Å². The van der Waals surface area contributed by atoms with Crippen LogP contribution in [0.15, 0.2) is 16.9 Å². The fraction of sp³-hybridized carbons (Fsp3) is 0.562. The van der Waals surface area contributed by atoms with Crippen molar-refractivity contribution in [3.63, 3.8) is 0 Å². The van der Waals surface area contributed by atoms with Gasteiger partial charge in [-0.15, -0.1) is 0 Å². The van der Waals surface area contributed by atoms with E-state index in [1.54, 1.807) is 6.07 Å². The fourth-order valence-electron chi connectivity index (χ4n) is 2.84. The van der Waals surface area contributed by atoms with Gasteiger partial charge in [-0.2, -0.15) is 0 Å². The minimum absolute atomic E-state index is 0.130. The third-order valence-corrected chi connectivity index (χ3v) is 4.72. The quantitative estimate of drug-likeness (QED) is 0.730. The second kappa shape index (κ2) is 6.70. The maximum absolute atomic E-state index is 12.6. The van der Waals surface area contributed by atoms with Gasteiger partial charge in [-0.3, -0.25) is 14.4 Å². The normalized spacial score (nSPS) is 24.3. The molecule has 1 saturated carbocycles. The van der Waals surface area contributed by atoms with Gasteiger partial charge in [-0.25, -0.2) is 8.78 Å². The molecule has 1 aromatic heterocycles. The topological polar surface area (TPSA) is 105 Å². The number of halogens is 2. The van der Waals surface area contributed by atoms with E-state index in [0.29, 0.717) is 5.69 Å². The third kappa shape index (κ3) is 3.32. The van der Waals surface area contributed by atoms with Crippen molar-refractivity contribution < 1.29 is 18.4 Å². The van der Waals surface area contributed by atoms with Gasteiger partial charge < -0.3 is 16.0 Å². The molecule has 2 amide bonds. The number of primary amides is 1. The summed E-state index contributed by atoms with van der Waals surface area (Å²) in [6.45, 7) is 3.90. The van der Waals surface area contributed by atoms with Crippen molar-refractivity contribution in [1.82, 2.24) is 10.3 Å². The minimum atomic E-state index is -2.58. The van der Waals surface area contributed by atoms with Gasteiger partial charge >= 0.3 is 0 Å². The lowest BCUT2D eigenvalue weighted by atomic mass is 9.67. The first-order valence-electron chi connectivity index (χ1n) is 7.84. The Labute approximate surface area is 137 Å². The van der Waals surface area contributed by atoms with Crippen LogP contribution in [0.5, 0.6) is 0 Å². The van der Waals surface area contributed by atoms with Crippen molar-refractivity contribution in [3.05, 3.63) is 33.7 Å². The van der Waals surface area contributed by atoms with Crippen LogP contribution < -0.4 is 16.6 Å². The minimum Gasteiger partial charge on any atom is -0.368 e. The molecule has 0 saturated heterocycles. The van der Waals surface area contributed by atoms with Crippen molar-refractivity contribution in [2.45, 2.75) is 51.0 Å². The first kappa shape index (κ1) is 18.1. The number of nitrogens with one attached hydrogen (secondary N) is 2. The number of carbonyl (C=O) groups is 2. The molecule has 0 bridgehead atoms. The highest BCUT2D eigenvalue weighted by Crippen LogP contribution is 2.41. The van der Waals surface area contributed by atoms with E-state index in [4.69, 9.17) is 5.73 Å². The molecule has 1 aromatic rings. The number of aromatic amines is 1. The molecule has 6 nitrogen and oxygen atoms in total. The standard InChI is InChI=1S/C16H21F2N3O3/c1-3-8(2)11-5-4-10(13(22)20-11)14(23)21-16(15(19)24)6-9(7-16)12(17)18/h4-5,8-9,12H,3,6-7H2,1-2H3,(H2,19,24)(H,20,22)(H,21,23). The summed E-state index contributed by atoms with van der Waals surface area (Å²) in [5.74, 6) is -2.52. The van der Waals surface area contributed by atoms with Crippen molar-refractivity contribution in [1.29, 1.82) is 0 Å². The van der Waals surface area contributed by atoms with Crippen molar-refractivity contribution in [3.8, 4) is 0 Å². The summed E-state index contributed by atoms with van der Waals surface area (Å²) in [6, 6.07) is 3.00. The van der Waals surface area contributed by atoms with Crippen LogP contribution in [0.4, 0.5) is 8.78 Å². The molecule has 0 spiro atoms. The fourth-order valence-corrected chi connectivity index (χ4v) is 2.84. The van der Waals surface area contributed by atoms with E-state index < -0.39 is 35.3 Å². The molecule has 8 heteroatoms. The zero-order chi connectivity index (χ0) is 18.1. The first-order chi connectivity index (χ1) is 11.2. The van der Waals surface area contributed by atoms with E-state index >= 15 is 0 Å². The summed E-state index contributed by atoms with van der Waals surface area (Å²) < 4.78 is 25.3. The zero-order valence-electron chi connectivity index (χ0n) is 13.6. The zero-order valence-corrected chi connectivity index (χ0v) is 13.6. The Kier molecular flexibility index (Phi) is 5.05. The van der Waals surface area contributed by atoms with Crippen LogP contribution >= 0.6 is 0 Å². The van der Waals surface area contributed by atoms with Crippen LogP contribution in [0, 0.1) is 5.92 Å². The van der Waals surface area contributed by atoms with E-state index in [9.17, 15) is 23.2 Å². The highest BCUT2D eigenvalue weighted by atomic mass is 19.3. The highest BCUT2D eigenvalue weighted by Gasteiger charge is 2.53. The number of hydrogen-bond donors (Lipinski definition) is 3. The van der Waals surface area contributed by atoms with Crippen LogP contribution in [-0.4, -0.2) is 28.8 Å². The molecule has 1 aliphatic rings. The first-order valence-corrected chi connectivity index (χ1v) is 7.84. The van der Waals surface area contributed by atoms with Crippen molar-refractivity contribution in [2.24, 2.45) is 11.7 Å². The molecule has 2 rings (SSSR count). The van der Waals surface area contributed by atoms with Crippen molar-refractivity contribution >= 4 is 11.8 Å². The third-order valence-electron chi connectivity index (χ3n) is 4.72. The molecule has 24 heavy (non-hydrogen) atoms. The number of rotatable bonds is 6. The summed E-state index contributed by atoms with van der Waals surface area (Å²) in [7, 11) is 0. The van der Waals surface area contributed by atoms with E-state index in [2.05, 4.69) is 10.3 Å². The summed E-state index contributed by atoms with van der Waals surface area (Å²) in [4.78, 5) is 38.6. The lowest BCUT2D eigenvalue weighted by Crippen LogP contribution is -2.66. The van der Waals surface area contributed by atoms with Gasteiger partial charge in [0.1, 0.15) is 11.1 Å². The number of H-pyrrole nitrogens is 1. The molecule has 0 aromatic carbocycles. The number of aromatic nitrogens is 1. The molecule has 1 fully saturated rings. The maximum atomic E-state index is 12.6. The number of alkyl halides is 2. The monoisotopic (exact) mass is 341 g/mol. The molecule has 1 unspecified atom stereocenters. The molecular weight excluding hydrogens is 320 g/mol. The number of nitrogens with two attached hydrogens (primary N) is 1. The number of pyridine rings is 1. The van der Waals surface area contributed by atoms with Gasteiger partial charge in [0, 0.05) is 11.6 Å². The van der Waals surface area contributed by atoms with Crippen molar-refractivity contribution in [2.75, 3.05) is 0 Å². The van der Waals surface area contributed by atoms with Crippen LogP contribution in [0.1, 0.15) is 55.1 Å². The largest absolute Gasteiger partial charge is 0.368 e. The predicted octanol–water partition coefficient (Wildman–Crippen LogP) is 1.52. The number of amides is 2. The molecule has 132 valence electrons. The van der Waals surface area contributed by atoms with Crippen LogP contribution in [0.3, 0.4) is 0 Å². The van der Waals surface area contributed by atoms with Crippen LogP contribution in [0.25, 0.3) is 0 Å². The summed E-state index contributed by atoms with van der Waals surface area (Å²) in [6.07, 6.45) is -2.21. The second-order valence-corrected chi connectivity index (χ2v) is 6.37. The van der Waals surface area contributed by atoms with Gasteiger partial charge in [0.2, 0.25) is 12.3 Å². The summed E-state index contributed by atoms with van der Waals surface area (Å²) in [5.41, 5.74) is 3.68.